The van der Waals surface area contributed by atoms with E-state index in [1.165, 1.54) is 23.3 Å². The lowest BCUT2D eigenvalue weighted by atomic mass is 9.94. The Morgan fingerprint density at radius 1 is 0.938 bits per heavy atom. The van der Waals surface area contributed by atoms with Crippen molar-refractivity contribution in [3.05, 3.63) is 65.2 Å². The standard InChI is InChI=1S/C25H30F3N3O/c1-19-5-7-20(8-6-19)18-29-11-9-21(10-12-29)24(32)31-15-13-30(14-16-31)23-4-2-3-22(17-23)25(26,27)28/h2-8,17,21H,9-16,18H2,1H3. The van der Waals surface area contributed by atoms with E-state index in [2.05, 4.69) is 36.1 Å². The van der Waals surface area contributed by atoms with E-state index in [4.69, 9.17) is 0 Å². The molecule has 172 valence electrons. The first-order valence-electron chi connectivity index (χ1n) is 11.3. The minimum atomic E-state index is -4.35. The average Bonchev–Trinajstić information content (AvgIpc) is 2.80. The van der Waals surface area contributed by atoms with Gasteiger partial charge in [-0.3, -0.25) is 9.69 Å². The van der Waals surface area contributed by atoms with Crippen LogP contribution in [0.5, 0.6) is 0 Å². The number of amides is 1. The zero-order valence-electron chi connectivity index (χ0n) is 18.4. The minimum absolute atomic E-state index is 0.0457. The summed E-state index contributed by atoms with van der Waals surface area (Å²) in [6.07, 6.45) is -2.63. The number of aryl methyl sites for hydroxylation is 1. The van der Waals surface area contributed by atoms with Gasteiger partial charge in [-0.2, -0.15) is 13.2 Å². The zero-order valence-corrected chi connectivity index (χ0v) is 18.4. The molecule has 2 fully saturated rings. The van der Waals surface area contributed by atoms with Crippen molar-refractivity contribution in [2.24, 2.45) is 5.92 Å². The maximum absolute atomic E-state index is 13.0. The topological polar surface area (TPSA) is 26.8 Å². The van der Waals surface area contributed by atoms with Crippen LogP contribution in [0.3, 0.4) is 0 Å². The number of benzene rings is 2. The van der Waals surface area contributed by atoms with Crippen molar-refractivity contribution < 1.29 is 18.0 Å². The van der Waals surface area contributed by atoms with Gasteiger partial charge in [0.1, 0.15) is 0 Å². The fourth-order valence-corrected chi connectivity index (χ4v) is 4.61. The molecule has 0 bridgehead atoms. The first-order valence-corrected chi connectivity index (χ1v) is 11.3. The molecule has 2 aromatic rings. The molecule has 7 heteroatoms. The first kappa shape index (κ1) is 22.6. The number of piperidine rings is 1. The highest BCUT2D eigenvalue weighted by Gasteiger charge is 2.32. The molecule has 0 radical (unpaired) electrons. The Morgan fingerprint density at radius 2 is 1.59 bits per heavy atom. The smallest absolute Gasteiger partial charge is 0.368 e. The van der Waals surface area contributed by atoms with E-state index in [1.807, 2.05) is 9.80 Å². The van der Waals surface area contributed by atoms with Crippen LogP contribution in [-0.4, -0.2) is 55.0 Å². The highest BCUT2D eigenvalue weighted by atomic mass is 19.4. The summed E-state index contributed by atoms with van der Waals surface area (Å²) in [4.78, 5) is 19.3. The molecule has 0 aliphatic carbocycles. The molecule has 2 aromatic carbocycles. The van der Waals surface area contributed by atoms with Crippen LogP contribution in [-0.2, 0) is 17.5 Å². The van der Waals surface area contributed by atoms with E-state index in [0.29, 0.717) is 31.9 Å². The molecule has 0 unspecified atom stereocenters. The van der Waals surface area contributed by atoms with Crippen molar-refractivity contribution >= 4 is 11.6 Å². The Kier molecular flexibility index (Phi) is 6.74. The predicted octanol–water partition coefficient (Wildman–Crippen LogP) is 4.57. The first-order chi connectivity index (χ1) is 15.3. The lowest BCUT2D eigenvalue weighted by Crippen LogP contribution is -2.51. The van der Waals surface area contributed by atoms with Crippen molar-refractivity contribution in [2.75, 3.05) is 44.2 Å². The van der Waals surface area contributed by atoms with Crippen LogP contribution in [0.1, 0.15) is 29.5 Å². The second-order valence-electron chi connectivity index (χ2n) is 8.90. The van der Waals surface area contributed by atoms with Crippen LogP contribution in [0.15, 0.2) is 48.5 Å². The summed E-state index contributed by atoms with van der Waals surface area (Å²) in [5, 5.41) is 0. The second kappa shape index (κ2) is 9.53. The minimum Gasteiger partial charge on any atom is -0.368 e. The van der Waals surface area contributed by atoms with E-state index >= 15 is 0 Å². The zero-order chi connectivity index (χ0) is 22.7. The van der Waals surface area contributed by atoms with Crippen molar-refractivity contribution in [2.45, 2.75) is 32.5 Å². The molecule has 0 N–H and O–H groups in total. The van der Waals surface area contributed by atoms with Crippen molar-refractivity contribution in [1.82, 2.24) is 9.80 Å². The molecule has 0 atom stereocenters. The second-order valence-corrected chi connectivity index (χ2v) is 8.90. The number of halogens is 3. The Labute approximate surface area is 187 Å². The number of carbonyl (C=O) groups is 1. The molecule has 2 saturated heterocycles. The molecule has 2 aliphatic heterocycles. The average molecular weight is 446 g/mol. The van der Waals surface area contributed by atoms with Crippen LogP contribution in [0, 0.1) is 12.8 Å². The lowest BCUT2D eigenvalue weighted by Gasteiger charge is -2.39. The van der Waals surface area contributed by atoms with Gasteiger partial charge in [0.15, 0.2) is 0 Å². The van der Waals surface area contributed by atoms with Gasteiger partial charge in [0, 0.05) is 44.3 Å². The molecule has 0 aromatic heterocycles. The largest absolute Gasteiger partial charge is 0.416 e. The molecule has 2 heterocycles. The summed E-state index contributed by atoms with van der Waals surface area (Å²) in [5.41, 5.74) is 2.49. The maximum Gasteiger partial charge on any atom is 0.416 e. The number of rotatable bonds is 4. The Balaban J connectivity index is 1.26. The van der Waals surface area contributed by atoms with Crippen molar-refractivity contribution in [3.8, 4) is 0 Å². The number of nitrogens with zero attached hydrogens (tertiary/aromatic N) is 3. The quantitative estimate of drug-likeness (QED) is 0.690. The van der Waals surface area contributed by atoms with Gasteiger partial charge in [-0.05, 0) is 56.6 Å². The normalized spacial score (nSPS) is 18.8. The van der Waals surface area contributed by atoms with Gasteiger partial charge in [0.05, 0.1) is 5.56 Å². The molecular formula is C25H30F3N3O. The Bertz CT molecular complexity index is 913. The number of alkyl halides is 3. The van der Waals surface area contributed by atoms with Crippen LogP contribution >= 0.6 is 0 Å². The van der Waals surface area contributed by atoms with Crippen molar-refractivity contribution in [3.63, 3.8) is 0 Å². The molecule has 0 saturated carbocycles. The predicted molar refractivity (Wildman–Crippen MR) is 119 cm³/mol. The van der Waals surface area contributed by atoms with Crippen LogP contribution < -0.4 is 4.90 Å². The third-order valence-electron chi connectivity index (χ3n) is 6.59. The fraction of sp³-hybridized carbons (Fsp3) is 0.480. The van der Waals surface area contributed by atoms with E-state index in [9.17, 15) is 18.0 Å². The highest BCUT2D eigenvalue weighted by molar-refractivity contribution is 5.79. The van der Waals surface area contributed by atoms with Crippen LogP contribution in [0.4, 0.5) is 18.9 Å². The summed E-state index contributed by atoms with van der Waals surface area (Å²) >= 11 is 0. The SMILES string of the molecule is Cc1ccc(CN2CCC(C(=O)N3CCN(c4cccc(C(F)(F)F)c4)CC3)CC2)cc1. The van der Waals surface area contributed by atoms with Gasteiger partial charge in [-0.1, -0.05) is 35.9 Å². The molecular weight excluding hydrogens is 415 g/mol. The number of likely N-dealkylation sites (tertiary alicyclic amines) is 1. The summed E-state index contributed by atoms with van der Waals surface area (Å²) in [6, 6.07) is 14.0. The van der Waals surface area contributed by atoms with E-state index in [1.54, 1.807) is 6.07 Å². The van der Waals surface area contributed by atoms with Gasteiger partial charge < -0.3 is 9.80 Å². The van der Waals surface area contributed by atoms with Gasteiger partial charge in [0.2, 0.25) is 5.91 Å². The number of piperazine rings is 1. The van der Waals surface area contributed by atoms with Crippen LogP contribution in [0.2, 0.25) is 0 Å². The van der Waals surface area contributed by atoms with Gasteiger partial charge >= 0.3 is 6.18 Å². The van der Waals surface area contributed by atoms with E-state index in [-0.39, 0.29) is 11.8 Å². The highest BCUT2D eigenvalue weighted by Crippen LogP contribution is 2.32. The van der Waals surface area contributed by atoms with Gasteiger partial charge in [0.25, 0.3) is 0 Å². The maximum atomic E-state index is 13.0. The molecule has 1 amide bonds. The summed E-state index contributed by atoms with van der Waals surface area (Å²) in [7, 11) is 0. The summed E-state index contributed by atoms with van der Waals surface area (Å²) < 4.78 is 39.0. The van der Waals surface area contributed by atoms with E-state index < -0.39 is 11.7 Å². The summed E-state index contributed by atoms with van der Waals surface area (Å²) in [5.74, 6) is 0.244. The van der Waals surface area contributed by atoms with Crippen LogP contribution in [0.25, 0.3) is 0 Å². The number of anilines is 1. The molecule has 32 heavy (non-hydrogen) atoms. The monoisotopic (exact) mass is 445 g/mol. The fourth-order valence-electron chi connectivity index (χ4n) is 4.61. The number of hydrogen-bond donors (Lipinski definition) is 0. The lowest BCUT2D eigenvalue weighted by molar-refractivity contribution is -0.138. The molecule has 4 rings (SSSR count). The third-order valence-corrected chi connectivity index (χ3v) is 6.59. The third kappa shape index (κ3) is 5.44. The van der Waals surface area contributed by atoms with Crippen molar-refractivity contribution in [1.29, 1.82) is 0 Å². The Morgan fingerprint density at radius 3 is 2.22 bits per heavy atom. The Hall–Kier alpha value is -2.54. The molecule has 2 aliphatic rings. The molecule has 4 nitrogen and oxygen atoms in total. The number of hydrogen-bond acceptors (Lipinski definition) is 3. The van der Waals surface area contributed by atoms with E-state index in [0.717, 1.165) is 38.5 Å². The van der Waals surface area contributed by atoms with Gasteiger partial charge in [-0.25, -0.2) is 0 Å². The molecule has 0 spiro atoms. The number of carbonyl (C=O) groups excluding carboxylic acids is 1. The summed E-state index contributed by atoms with van der Waals surface area (Å²) in [6.45, 7) is 7.04. The van der Waals surface area contributed by atoms with Gasteiger partial charge in [-0.15, -0.1) is 0 Å².